The molecule has 0 unspecified atom stereocenters. The van der Waals surface area contributed by atoms with Gasteiger partial charge in [0, 0.05) is 16.7 Å². The molecule has 0 spiro atoms. The largest absolute Gasteiger partial charge is 0.493 e. The highest BCUT2D eigenvalue weighted by Crippen LogP contribution is 2.36. The molecule has 1 heterocycles. The lowest BCUT2D eigenvalue weighted by Crippen LogP contribution is -2.08. The van der Waals surface area contributed by atoms with E-state index in [0.717, 1.165) is 72.5 Å². The summed E-state index contributed by atoms with van der Waals surface area (Å²) in [7, 11) is 0. The highest BCUT2D eigenvalue weighted by atomic mass is 35.5. The van der Waals surface area contributed by atoms with E-state index in [9.17, 15) is 19.5 Å². The molecule has 0 saturated carbocycles. The molecule has 0 saturated heterocycles. The third-order valence-electron chi connectivity index (χ3n) is 8.98. The molecule has 0 bridgehead atoms. The second-order valence-electron chi connectivity index (χ2n) is 13.1. The second kappa shape index (κ2) is 19.5. The quantitative estimate of drug-likeness (QED) is 0.0714. The van der Waals surface area contributed by atoms with Gasteiger partial charge in [0.2, 0.25) is 10.6 Å². The Hall–Kier alpha value is -6.28. The molecule has 0 amide bonds. The van der Waals surface area contributed by atoms with Crippen LogP contribution in [0.25, 0.3) is 49.5 Å². The molecule has 3 N–H and O–H groups in total. The zero-order valence-electron chi connectivity index (χ0n) is 31.7. The van der Waals surface area contributed by atoms with Crippen LogP contribution >= 0.6 is 35.2 Å². The molecule has 6 nitrogen and oxygen atoms in total. The Balaban J connectivity index is 0.000000185. The summed E-state index contributed by atoms with van der Waals surface area (Å²) in [5.74, 6) is 1.42. The van der Waals surface area contributed by atoms with Gasteiger partial charge in [0.1, 0.15) is 27.1 Å². The zero-order valence-corrected chi connectivity index (χ0v) is 34.1. The van der Waals surface area contributed by atoms with Gasteiger partial charge in [0.05, 0.1) is 0 Å². The van der Waals surface area contributed by atoms with Crippen LogP contribution in [0, 0.1) is 27.7 Å². The van der Waals surface area contributed by atoms with Gasteiger partial charge >= 0.3 is 0 Å². The predicted octanol–water partition coefficient (Wildman–Crippen LogP) is 11.1. The lowest BCUT2D eigenvalue weighted by atomic mass is 9.92. The molecule has 0 atom stereocenters. The average molecular weight is 807 g/mol. The molecule has 1 aromatic heterocycles. The van der Waals surface area contributed by atoms with Crippen LogP contribution in [0.4, 0.5) is 0 Å². The van der Waals surface area contributed by atoms with Crippen LogP contribution in [-0.4, -0.2) is 26.3 Å². The van der Waals surface area contributed by atoms with Crippen molar-refractivity contribution in [1.29, 1.82) is 0 Å². The van der Waals surface area contributed by atoms with Crippen LogP contribution in [0.1, 0.15) is 33.4 Å². The first kappa shape index (κ1) is 41.9. The van der Waals surface area contributed by atoms with Gasteiger partial charge in [-0.2, -0.15) is 0 Å². The van der Waals surface area contributed by atoms with Crippen molar-refractivity contribution >= 4 is 56.9 Å². The highest BCUT2D eigenvalue weighted by molar-refractivity contribution is 7.80. The number of benzene rings is 6. The number of aromatic nitrogens is 1. The molecule has 0 fully saturated rings. The molecule has 57 heavy (non-hydrogen) atoms. The summed E-state index contributed by atoms with van der Waals surface area (Å²) in [4.78, 5) is 39.9. The molecule has 0 aliphatic heterocycles. The van der Waals surface area contributed by atoms with Crippen LogP contribution in [0.15, 0.2) is 150 Å². The van der Waals surface area contributed by atoms with Crippen molar-refractivity contribution in [3.05, 3.63) is 189 Å². The standard InChI is InChI=1S/C24H19NO2S.C17H13ClO2.C7H7NS/c1-15-13-19(17-9-5-3-6-10-17)14-16(2)20(15)21-22(26)25-23(28-24(21)27)18-11-7-4-8-12-18;1-11-8-14(13-6-4-3-5-7-13)9-12(2)16(11)15(10-19)17(18)20;8-7(9)6-4-2-1-3-5-6/h3-14,26H,1-2H3;3-9H,1-2H3;1-5H,(H2,8,9). The normalized spacial score (nSPS) is 10.2. The lowest BCUT2D eigenvalue weighted by molar-refractivity contribution is -0.106. The van der Waals surface area contributed by atoms with Gasteiger partial charge in [-0.05, 0) is 89.4 Å². The number of carbonyl (C=O) groups is 1. The summed E-state index contributed by atoms with van der Waals surface area (Å²) in [5.41, 5.74) is 16.4. The monoisotopic (exact) mass is 806 g/mol. The van der Waals surface area contributed by atoms with E-state index in [1.807, 2.05) is 161 Å². The molecule has 0 aliphatic rings. The van der Waals surface area contributed by atoms with E-state index in [1.54, 1.807) is 5.94 Å². The van der Waals surface area contributed by atoms with E-state index in [2.05, 4.69) is 17.1 Å². The number of nitrogens with two attached hydrogens (primary N) is 1. The summed E-state index contributed by atoms with van der Waals surface area (Å²) in [6, 6.07) is 47.0. The molecule has 0 aliphatic carbocycles. The van der Waals surface area contributed by atoms with Crippen molar-refractivity contribution in [3.63, 3.8) is 0 Å². The van der Waals surface area contributed by atoms with Crippen molar-refractivity contribution < 1.29 is 14.7 Å². The van der Waals surface area contributed by atoms with Crippen LogP contribution in [0.3, 0.4) is 0 Å². The molecular weight excluding hydrogens is 768 g/mol. The van der Waals surface area contributed by atoms with E-state index in [4.69, 9.17) is 29.6 Å². The van der Waals surface area contributed by atoms with Crippen molar-refractivity contribution in [3.8, 4) is 49.8 Å². The van der Waals surface area contributed by atoms with Crippen LogP contribution in [0.2, 0.25) is 0 Å². The third kappa shape index (κ3) is 10.5. The van der Waals surface area contributed by atoms with Gasteiger partial charge in [0.25, 0.3) is 5.24 Å². The van der Waals surface area contributed by atoms with Gasteiger partial charge < -0.3 is 10.8 Å². The smallest absolute Gasteiger partial charge is 0.264 e. The first-order valence-corrected chi connectivity index (χ1v) is 19.4. The minimum atomic E-state index is -0.779. The SMILES string of the molecule is Cc1cc(-c2ccccc2)cc(C)c1-c1c(O)nc(-c2ccccc2)sc1=O.Cc1cc(-c2ccccc2)cc(C)c1C(=C=O)C(=O)Cl.NC(=S)c1ccccc1. The summed E-state index contributed by atoms with van der Waals surface area (Å²) in [6.45, 7) is 7.63. The Morgan fingerprint density at radius 1 is 0.649 bits per heavy atom. The number of hydrogen-bond acceptors (Lipinski definition) is 7. The summed E-state index contributed by atoms with van der Waals surface area (Å²) in [6.07, 6.45) is 0. The molecule has 7 aromatic rings. The number of halogens is 1. The number of hydrogen-bond donors (Lipinski definition) is 2. The minimum absolute atomic E-state index is 0.110. The topological polar surface area (TPSA) is 110 Å². The average Bonchev–Trinajstić information content (AvgIpc) is 3.21. The number of carbonyl (C=O) groups excluding carboxylic acids is 2. The fourth-order valence-corrected chi connectivity index (χ4v) is 7.55. The van der Waals surface area contributed by atoms with Gasteiger partial charge in [-0.3, -0.25) is 9.59 Å². The molecule has 7 rings (SSSR count). The van der Waals surface area contributed by atoms with E-state index >= 15 is 0 Å². The molecular formula is C48H39ClN2O4S2. The van der Waals surface area contributed by atoms with E-state index < -0.39 is 5.24 Å². The fourth-order valence-electron chi connectivity index (χ4n) is 6.43. The maximum Gasteiger partial charge on any atom is 0.264 e. The first-order chi connectivity index (χ1) is 27.4. The Morgan fingerprint density at radius 2 is 1.05 bits per heavy atom. The minimum Gasteiger partial charge on any atom is -0.493 e. The molecule has 0 radical (unpaired) electrons. The number of rotatable bonds is 7. The van der Waals surface area contributed by atoms with Crippen LogP contribution < -0.4 is 10.5 Å². The van der Waals surface area contributed by atoms with Gasteiger partial charge in [0.15, 0.2) is 0 Å². The fraction of sp³-hybridized carbons (Fsp3) is 0.0833. The second-order valence-corrected chi connectivity index (χ2v) is 14.8. The maximum atomic E-state index is 12.9. The van der Waals surface area contributed by atoms with Gasteiger partial charge in [-0.1, -0.05) is 169 Å². The number of thiocarbonyl (C=S) groups is 1. The first-order valence-electron chi connectivity index (χ1n) is 17.8. The summed E-state index contributed by atoms with van der Waals surface area (Å²) >= 11 is 11.2. The van der Waals surface area contributed by atoms with Crippen molar-refractivity contribution in [2.45, 2.75) is 27.7 Å². The Kier molecular flexibility index (Phi) is 14.4. The number of aromatic hydroxyl groups is 1. The van der Waals surface area contributed by atoms with Crippen molar-refractivity contribution in [2.24, 2.45) is 5.73 Å². The summed E-state index contributed by atoms with van der Waals surface area (Å²) < 4.78 is -0.190. The highest BCUT2D eigenvalue weighted by Gasteiger charge is 2.20. The Morgan fingerprint density at radius 3 is 1.42 bits per heavy atom. The van der Waals surface area contributed by atoms with E-state index in [1.165, 1.54) is 0 Å². The molecule has 9 heteroatoms. The maximum absolute atomic E-state index is 12.9. The van der Waals surface area contributed by atoms with Crippen molar-refractivity contribution in [2.75, 3.05) is 0 Å². The van der Waals surface area contributed by atoms with Gasteiger partial charge in [-0.25, -0.2) is 9.78 Å². The van der Waals surface area contributed by atoms with Crippen LogP contribution in [-0.2, 0) is 9.59 Å². The predicted molar refractivity (Wildman–Crippen MR) is 239 cm³/mol. The molecule has 284 valence electrons. The molecule has 6 aromatic carbocycles. The number of aryl methyl sites for hydroxylation is 4. The van der Waals surface area contributed by atoms with Crippen molar-refractivity contribution in [1.82, 2.24) is 4.98 Å². The Labute approximate surface area is 346 Å². The third-order valence-corrected chi connectivity index (χ3v) is 10.3. The Bertz CT molecular complexity index is 2600. The number of allylic oxidation sites excluding steroid dienone is 1. The van der Waals surface area contributed by atoms with Crippen LogP contribution in [0.5, 0.6) is 5.88 Å². The van der Waals surface area contributed by atoms with Gasteiger partial charge in [-0.15, -0.1) is 0 Å². The zero-order chi connectivity index (χ0) is 41.1. The van der Waals surface area contributed by atoms with E-state index in [0.29, 0.717) is 15.6 Å². The summed E-state index contributed by atoms with van der Waals surface area (Å²) in [5, 5.41) is 10.4. The number of nitrogens with zero attached hydrogens (tertiary/aromatic N) is 1. The lowest BCUT2D eigenvalue weighted by Gasteiger charge is -2.14. The van der Waals surface area contributed by atoms with E-state index in [-0.39, 0.29) is 21.8 Å².